The van der Waals surface area contributed by atoms with Crippen LogP contribution in [0.3, 0.4) is 0 Å². The van der Waals surface area contributed by atoms with Crippen LogP contribution >= 0.6 is 0 Å². The van der Waals surface area contributed by atoms with Crippen LogP contribution < -0.4 is 0 Å². The van der Waals surface area contributed by atoms with Gasteiger partial charge in [0.15, 0.2) is 6.10 Å². The molecule has 0 saturated carbocycles. The number of carbonyl (C=O) groups is 3. The SMILES string of the molecule is CCCCCCCCCCCCCCCCCCCC(=O)OCC(COC(=O)CCCCCCCC)OC(=O)CCCCCCCCCCCCCCC. The fourth-order valence-electron chi connectivity index (χ4n) is 7.21. The zero-order valence-electron chi connectivity index (χ0n) is 36.5. The molecule has 0 N–H and O–H groups in total. The summed E-state index contributed by atoms with van der Waals surface area (Å²) in [6.45, 7) is 6.61. The molecular formula is C48H92O6. The number of unbranched alkanes of at least 4 members (excludes halogenated alkanes) is 33. The number of carbonyl (C=O) groups excluding carboxylic acids is 3. The Balaban J connectivity index is 4.17. The van der Waals surface area contributed by atoms with Crippen molar-refractivity contribution >= 4 is 17.9 Å². The van der Waals surface area contributed by atoms with E-state index in [1.54, 1.807) is 0 Å². The number of rotatable bonds is 44. The van der Waals surface area contributed by atoms with Crippen molar-refractivity contribution in [2.75, 3.05) is 13.2 Å². The summed E-state index contributed by atoms with van der Waals surface area (Å²) in [5.74, 6) is -0.857. The van der Waals surface area contributed by atoms with E-state index in [1.807, 2.05) is 0 Å². The molecule has 0 aliphatic heterocycles. The first-order valence-corrected chi connectivity index (χ1v) is 24.0. The molecule has 0 radical (unpaired) electrons. The molecule has 0 aliphatic carbocycles. The van der Waals surface area contributed by atoms with Crippen molar-refractivity contribution in [2.24, 2.45) is 0 Å². The Labute approximate surface area is 336 Å². The van der Waals surface area contributed by atoms with Crippen molar-refractivity contribution < 1.29 is 28.6 Å². The van der Waals surface area contributed by atoms with Crippen LogP contribution in [0.25, 0.3) is 0 Å². The molecule has 320 valence electrons. The summed E-state index contributed by atoms with van der Waals surface area (Å²) in [5.41, 5.74) is 0. The van der Waals surface area contributed by atoms with Gasteiger partial charge >= 0.3 is 17.9 Å². The molecule has 6 nitrogen and oxygen atoms in total. The molecule has 0 spiro atoms. The lowest BCUT2D eigenvalue weighted by atomic mass is 10.0. The highest BCUT2D eigenvalue weighted by molar-refractivity contribution is 5.71. The Kier molecular flexibility index (Phi) is 42.8. The maximum absolute atomic E-state index is 12.7. The average Bonchev–Trinajstić information content (AvgIpc) is 3.17. The van der Waals surface area contributed by atoms with Gasteiger partial charge in [0.2, 0.25) is 0 Å². The van der Waals surface area contributed by atoms with E-state index < -0.39 is 6.10 Å². The fraction of sp³-hybridized carbons (Fsp3) is 0.938. The third kappa shape index (κ3) is 41.6. The van der Waals surface area contributed by atoms with Gasteiger partial charge in [-0.25, -0.2) is 0 Å². The summed E-state index contributed by atoms with van der Waals surface area (Å²) in [5, 5.41) is 0. The lowest BCUT2D eigenvalue weighted by Gasteiger charge is -2.18. The first-order chi connectivity index (χ1) is 26.5. The molecular weight excluding hydrogens is 673 g/mol. The van der Waals surface area contributed by atoms with E-state index >= 15 is 0 Å². The smallest absolute Gasteiger partial charge is 0.306 e. The molecule has 0 aromatic rings. The second kappa shape index (κ2) is 44.1. The predicted molar refractivity (Wildman–Crippen MR) is 229 cm³/mol. The number of hydrogen-bond acceptors (Lipinski definition) is 6. The second-order valence-electron chi connectivity index (χ2n) is 16.4. The topological polar surface area (TPSA) is 78.9 Å². The van der Waals surface area contributed by atoms with Crippen LogP contribution in [0.15, 0.2) is 0 Å². The Morgan fingerprint density at radius 3 is 0.741 bits per heavy atom. The van der Waals surface area contributed by atoms with Gasteiger partial charge in [-0.1, -0.05) is 233 Å². The van der Waals surface area contributed by atoms with Gasteiger partial charge in [0.05, 0.1) is 0 Å². The molecule has 1 atom stereocenters. The van der Waals surface area contributed by atoms with E-state index in [0.717, 1.165) is 57.8 Å². The van der Waals surface area contributed by atoms with E-state index in [2.05, 4.69) is 20.8 Å². The monoisotopic (exact) mass is 765 g/mol. The minimum Gasteiger partial charge on any atom is -0.462 e. The van der Waals surface area contributed by atoms with Gasteiger partial charge in [-0.15, -0.1) is 0 Å². The summed E-state index contributed by atoms with van der Waals surface area (Å²) in [4.78, 5) is 37.6. The number of esters is 3. The van der Waals surface area contributed by atoms with Crippen molar-refractivity contribution in [3.8, 4) is 0 Å². The standard InChI is InChI=1S/C48H92O6/c1-4-7-10-13-16-18-20-22-23-24-25-27-28-30-32-35-38-41-47(50)53-44-45(43-52-46(49)40-37-34-15-12-9-6-3)54-48(51)42-39-36-33-31-29-26-21-19-17-14-11-8-5-2/h45H,4-44H2,1-3H3. The van der Waals surface area contributed by atoms with Crippen LogP contribution in [0, 0.1) is 0 Å². The lowest BCUT2D eigenvalue weighted by molar-refractivity contribution is -0.167. The summed E-state index contributed by atoms with van der Waals surface area (Å²) in [6.07, 6.45) is 45.3. The van der Waals surface area contributed by atoms with E-state index in [9.17, 15) is 14.4 Å². The third-order valence-electron chi connectivity index (χ3n) is 10.9. The minimum atomic E-state index is -0.757. The van der Waals surface area contributed by atoms with Gasteiger partial charge in [-0.05, 0) is 19.3 Å². The number of hydrogen-bond donors (Lipinski definition) is 0. The van der Waals surface area contributed by atoms with Crippen molar-refractivity contribution in [3.63, 3.8) is 0 Å². The molecule has 0 heterocycles. The minimum absolute atomic E-state index is 0.0631. The zero-order chi connectivity index (χ0) is 39.4. The van der Waals surface area contributed by atoms with Crippen molar-refractivity contribution in [1.82, 2.24) is 0 Å². The molecule has 0 fully saturated rings. The van der Waals surface area contributed by atoms with Gasteiger partial charge < -0.3 is 14.2 Å². The molecule has 0 rings (SSSR count). The van der Waals surface area contributed by atoms with Crippen LogP contribution in [-0.4, -0.2) is 37.2 Å². The molecule has 0 aromatic carbocycles. The Hall–Kier alpha value is -1.59. The molecule has 6 heteroatoms. The molecule has 0 bridgehead atoms. The van der Waals surface area contributed by atoms with Crippen molar-refractivity contribution in [1.29, 1.82) is 0 Å². The highest BCUT2D eigenvalue weighted by Gasteiger charge is 2.19. The molecule has 0 aromatic heterocycles. The van der Waals surface area contributed by atoms with Gasteiger partial charge in [-0.3, -0.25) is 14.4 Å². The lowest BCUT2D eigenvalue weighted by Crippen LogP contribution is -2.30. The largest absolute Gasteiger partial charge is 0.462 e. The van der Waals surface area contributed by atoms with E-state index in [4.69, 9.17) is 14.2 Å². The second-order valence-corrected chi connectivity index (χ2v) is 16.4. The molecule has 0 aliphatic rings. The molecule has 54 heavy (non-hydrogen) atoms. The normalized spacial score (nSPS) is 11.8. The van der Waals surface area contributed by atoms with E-state index in [-0.39, 0.29) is 31.1 Å². The highest BCUT2D eigenvalue weighted by Crippen LogP contribution is 2.16. The van der Waals surface area contributed by atoms with Gasteiger partial charge in [0, 0.05) is 19.3 Å². The maximum Gasteiger partial charge on any atom is 0.306 e. The fourth-order valence-corrected chi connectivity index (χ4v) is 7.21. The Bertz CT molecular complexity index is 798. The molecule has 0 saturated heterocycles. The quantitative estimate of drug-likeness (QED) is 0.0349. The third-order valence-corrected chi connectivity index (χ3v) is 10.9. The van der Waals surface area contributed by atoms with Crippen LogP contribution in [0.2, 0.25) is 0 Å². The van der Waals surface area contributed by atoms with Crippen molar-refractivity contribution in [2.45, 2.75) is 277 Å². The maximum atomic E-state index is 12.7. The van der Waals surface area contributed by atoms with E-state index in [1.165, 1.54) is 173 Å². The average molecular weight is 765 g/mol. The summed E-state index contributed by atoms with van der Waals surface area (Å²) >= 11 is 0. The summed E-state index contributed by atoms with van der Waals surface area (Å²) < 4.78 is 16.7. The van der Waals surface area contributed by atoms with Gasteiger partial charge in [0.1, 0.15) is 13.2 Å². The molecule has 1 unspecified atom stereocenters. The van der Waals surface area contributed by atoms with Crippen LogP contribution in [0.1, 0.15) is 271 Å². The first kappa shape index (κ1) is 52.4. The zero-order valence-corrected chi connectivity index (χ0v) is 36.5. The number of ether oxygens (including phenoxy) is 3. The van der Waals surface area contributed by atoms with E-state index in [0.29, 0.717) is 19.3 Å². The predicted octanol–water partition coefficient (Wildman–Crippen LogP) is 15.3. The van der Waals surface area contributed by atoms with Crippen molar-refractivity contribution in [3.05, 3.63) is 0 Å². The van der Waals surface area contributed by atoms with Crippen LogP contribution in [0.4, 0.5) is 0 Å². The van der Waals surface area contributed by atoms with Crippen LogP contribution in [0.5, 0.6) is 0 Å². The first-order valence-electron chi connectivity index (χ1n) is 24.0. The summed E-state index contributed by atoms with van der Waals surface area (Å²) in [6, 6.07) is 0. The Morgan fingerprint density at radius 2 is 0.500 bits per heavy atom. The van der Waals surface area contributed by atoms with Crippen LogP contribution in [-0.2, 0) is 28.6 Å². The molecule has 0 amide bonds. The van der Waals surface area contributed by atoms with Gasteiger partial charge in [0.25, 0.3) is 0 Å². The summed E-state index contributed by atoms with van der Waals surface area (Å²) in [7, 11) is 0. The van der Waals surface area contributed by atoms with Gasteiger partial charge in [-0.2, -0.15) is 0 Å². The highest BCUT2D eigenvalue weighted by atomic mass is 16.6. The Morgan fingerprint density at radius 1 is 0.296 bits per heavy atom.